The minimum atomic E-state index is -0.261. The van der Waals surface area contributed by atoms with Crippen molar-refractivity contribution in [2.45, 2.75) is 18.6 Å². The molecule has 0 fully saturated rings. The summed E-state index contributed by atoms with van der Waals surface area (Å²) in [6, 6.07) is 19.7. The molecule has 0 aliphatic carbocycles. The summed E-state index contributed by atoms with van der Waals surface area (Å²) in [5.74, 6) is 0.843. The van der Waals surface area contributed by atoms with Gasteiger partial charge in [-0.15, -0.1) is 10.2 Å². The number of thioether (sulfide) groups is 1. The van der Waals surface area contributed by atoms with E-state index in [1.807, 2.05) is 47.9 Å². The van der Waals surface area contributed by atoms with Crippen molar-refractivity contribution >= 4 is 56.8 Å². The predicted molar refractivity (Wildman–Crippen MR) is 149 cm³/mol. The second kappa shape index (κ2) is 12.3. The highest BCUT2D eigenvalue weighted by molar-refractivity contribution is 9.10. The average Bonchev–Trinajstić information content (AvgIpc) is 3.31. The van der Waals surface area contributed by atoms with Crippen LogP contribution in [-0.4, -0.2) is 39.4 Å². The molecule has 37 heavy (non-hydrogen) atoms. The summed E-state index contributed by atoms with van der Waals surface area (Å²) < 4.78 is 7.89. The van der Waals surface area contributed by atoms with Crippen molar-refractivity contribution in [3.05, 3.63) is 93.2 Å². The number of rotatable bonds is 9. The van der Waals surface area contributed by atoms with Gasteiger partial charge in [0.1, 0.15) is 5.75 Å². The summed E-state index contributed by atoms with van der Waals surface area (Å²) in [5, 5.41) is 15.5. The van der Waals surface area contributed by atoms with Crippen molar-refractivity contribution in [3.63, 3.8) is 0 Å². The summed E-state index contributed by atoms with van der Waals surface area (Å²) >= 11 is 11.0. The number of carbonyl (C=O) groups is 2. The molecule has 0 radical (unpaired) electrons. The number of nitrogens with zero attached hydrogens (tertiary/aromatic N) is 3. The van der Waals surface area contributed by atoms with Crippen LogP contribution >= 0.6 is 39.3 Å². The van der Waals surface area contributed by atoms with E-state index in [0.29, 0.717) is 33.0 Å². The number of nitrogens with one attached hydrogen (secondary N) is 2. The Hall–Kier alpha value is -3.34. The molecule has 0 aliphatic heterocycles. The Morgan fingerprint density at radius 3 is 2.49 bits per heavy atom. The van der Waals surface area contributed by atoms with Crippen LogP contribution in [-0.2, 0) is 11.3 Å². The van der Waals surface area contributed by atoms with Crippen molar-refractivity contribution in [1.29, 1.82) is 0 Å². The van der Waals surface area contributed by atoms with Crippen LogP contribution in [0.4, 0.5) is 5.69 Å². The largest absolute Gasteiger partial charge is 0.497 e. The van der Waals surface area contributed by atoms with Gasteiger partial charge in [-0.3, -0.25) is 14.2 Å². The Labute approximate surface area is 231 Å². The molecule has 4 rings (SSSR count). The van der Waals surface area contributed by atoms with E-state index in [0.717, 1.165) is 15.7 Å². The first-order chi connectivity index (χ1) is 17.9. The van der Waals surface area contributed by atoms with Gasteiger partial charge in [0.2, 0.25) is 5.91 Å². The van der Waals surface area contributed by atoms with Crippen LogP contribution < -0.4 is 15.4 Å². The first kappa shape index (κ1) is 26.7. The van der Waals surface area contributed by atoms with Crippen molar-refractivity contribution in [2.75, 3.05) is 18.2 Å². The van der Waals surface area contributed by atoms with Crippen LogP contribution in [0.15, 0.2) is 76.4 Å². The molecule has 8 nitrogen and oxygen atoms in total. The van der Waals surface area contributed by atoms with E-state index >= 15 is 0 Å². The van der Waals surface area contributed by atoms with E-state index in [2.05, 4.69) is 36.8 Å². The fourth-order valence-corrected chi connectivity index (χ4v) is 4.65. The zero-order valence-electron chi connectivity index (χ0n) is 20.0. The summed E-state index contributed by atoms with van der Waals surface area (Å²) in [6.45, 7) is 2.02. The summed E-state index contributed by atoms with van der Waals surface area (Å²) in [5.41, 5.74) is 2.78. The molecule has 0 unspecified atom stereocenters. The Morgan fingerprint density at radius 2 is 1.78 bits per heavy atom. The van der Waals surface area contributed by atoms with E-state index in [1.54, 1.807) is 37.4 Å². The van der Waals surface area contributed by atoms with E-state index in [-0.39, 0.29) is 24.1 Å². The lowest BCUT2D eigenvalue weighted by atomic mass is 10.2. The maximum absolute atomic E-state index is 12.7. The molecule has 0 saturated heterocycles. The van der Waals surface area contributed by atoms with Crippen molar-refractivity contribution in [3.8, 4) is 11.4 Å². The molecule has 11 heteroatoms. The van der Waals surface area contributed by atoms with E-state index in [4.69, 9.17) is 16.3 Å². The van der Waals surface area contributed by atoms with Crippen LogP contribution in [0.5, 0.6) is 5.75 Å². The monoisotopic (exact) mass is 599 g/mol. The topological polar surface area (TPSA) is 98.1 Å². The molecular formula is C26H23BrClN5O3S. The number of carbonyl (C=O) groups excluding carboxylic acids is 2. The standard InChI is InChI=1S/C26H23BrClN5O3S/c1-16-21(28)4-3-5-22(16)33-23(14-29-25(35)17-6-12-20(36-2)13-7-17)31-32-26(33)37-15-24(34)30-19-10-8-18(27)9-11-19/h3-13H,14-15H2,1-2H3,(H,29,35)(H,30,34). The number of amides is 2. The van der Waals surface area contributed by atoms with Gasteiger partial charge in [-0.05, 0) is 73.2 Å². The van der Waals surface area contributed by atoms with Gasteiger partial charge in [-0.1, -0.05) is 45.4 Å². The minimum absolute atomic E-state index is 0.117. The summed E-state index contributed by atoms with van der Waals surface area (Å²) in [6.07, 6.45) is 0. The Balaban J connectivity index is 1.53. The van der Waals surface area contributed by atoms with Gasteiger partial charge in [0.15, 0.2) is 11.0 Å². The van der Waals surface area contributed by atoms with Gasteiger partial charge >= 0.3 is 0 Å². The molecule has 4 aromatic rings. The highest BCUT2D eigenvalue weighted by Gasteiger charge is 2.19. The molecule has 2 amide bonds. The van der Waals surface area contributed by atoms with E-state index < -0.39 is 0 Å². The van der Waals surface area contributed by atoms with Gasteiger partial charge in [-0.2, -0.15) is 0 Å². The predicted octanol–water partition coefficient (Wildman–Crippen LogP) is 5.66. The first-order valence-corrected chi connectivity index (χ1v) is 13.3. The van der Waals surface area contributed by atoms with Gasteiger partial charge < -0.3 is 15.4 Å². The fraction of sp³-hybridized carbons (Fsp3) is 0.154. The van der Waals surface area contributed by atoms with Gasteiger partial charge in [0.05, 0.1) is 25.1 Å². The number of benzene rings is 3. The van der Waals surface area contributed by atoms with E-state index in [9.17, 15) is 9.59 Å². The average molecular weight is 601 g/mol. The quantitative estimate of drug-likeness (QED) is 0.241. The number of anilines is 1. The third-order valence-corrected chi connectivity index (χ3v) is 7.27. The van der Waals surface area contributed by atoms with Gasteiger partial charge in [-0.25, -0.2) is 0 Å². The lowest BCUT2D eigenvalue weighted by molar-refractivity contribution is -0.113. The second-order valence-corrected chi connectivity index (χ2v) is 10.1. The molecule has 190 valence electrons. The molecule has 0 atom stereocenters. The minimum Gasteiger partial charge on any atom is -0.497 e. The van der Waals surface area contributed by atoms with Crippen LogP contribution in [0, 0.1) is 6.92 Å². The van der Waals surface area contributed by atoms with Crippen molar-refractivity contribution in [1.82, 2.24) is 20.1 Å². The molecule has 1 aromatic heterocycles. The number of hydrogen-bond donors (Lipinski definition) is 2. The fourth-order valence-electron chi connectivity index (χ4n) is 3.45. The van der Waals surface area contributed by atoms with Crippen LogP contribution in [0.2, 0.25) is 5.02 Å². The molecule has 3 aromatic carbocycles. The number of ether oxygens (including phenoxy) is 1. The summed E-state index contributed by atoms with van der Waals surface area (Å²) in [4.78, 5) is 25.3. The van der Waals surface area contributed by atoms with Crippen molar-refractivity contribution in [2.24, 2.45) is 0 Å². The molecule has 0 aliphatic rings. The number of hydrogen-bond acceptors (Lipinski definition) is 6. The smallest absolute Gasteiger partial charge is 0.251 e. The maximum Gasteiger partial charge on any atom is 0.251 e. The van der Waals surface area contributed by atoms with Crippen LogP contribution in [0.1, 0.15) is 21.7 Å². The first-order valence-electron chi connectivity index (χ1n) is 11.2. The Bertz CT molecular complexity index is 1410. The normalized spacial score (nSPS) is 10.7. The van der Waals surface area contributed by atoms with Crippen molar-refractivity contribution < 1.29 is 14.3 Å². The highest BCUT2D eigenvalue weighted by atomic mass is 79.9. The lowest BCUT2D eigenvalue weighted by Gasteiger charge is -2.14. The molecule has 0 spiro atoms. The Kier molecular flexibility index (Phi) is 8.86. The zero-order chi connectivity index (χ0) is 26.4. The summed E-state index contributed by atoms with van der Waals surface area (Å²) in [7, 11) is 1.57. The maximum atomic E-state index is 12.7. The second-order valence-electron chi connectivity index (χ2n) is 7.87. The number of halogens is 2. The Morgan fingerprint density at radius 1 is 1.05 bits per heavy atom. The third kappa shape index (κ3) is 6.71. The molecule has 2 N–H and O–H groups in total. The zero-order valence-corrected chi connectivity index (χ0v) is 23.2. The lowest BCUT2D eigenvalue weighted by Crippen LogP contribution is -2.24. The molecule has 1 heterocycles. The highest BCUT2D eigenvalue weighted by Crippen LogP contribution is 2.28. The van der Waals surface area contributed by atoms with Gasteiger partial charge in [0.25, 0.3) is 5.91 Å². The SMILES string of the molecule is COc1ccc(C(=O)NCc2nnc(SCC(=O)Nc3ccc(Br)cc3)n2-c2cccc(Cl)c2C)cc1. The molecule has 0 saturated carbocycles. The van der Waals surface area contributed by atoms with E-state index in [1.165, 1.54) is 11.8 Å². The molecular weight excluding hydrogens is 578 g/mol. The van der Waals surface area contributed by atoms with Crippen LogP contribution in [0.25, 0.3) is 5.69 Å². The molecule has 0 bridgehead atoms. The van der Waals surface area contributed by atoms with Crippen LogP contribution in [0.3, 0.4) is 0 Å². The van der Waals surface area contributed by atoms with Gasteiger partial charge in [0, 0.05) is 20.7 Å². The number of methoxy groups -OCH3 is 1. The number of aromatic nitrogens is 3. The third-order valence-electron chi connectivity index (χ3n) is 5.40.